The highest BCUT2D eigenvalue weighted by Crippen LogP contribution is 2.40. The van der Waals surface area contributed by atoms with E-state index in [4.69, 9.17) is 23.7 Å². The fourth-order valence-electron chi connectivity index (χ4n) is 5.58. The molecule has 0 bridgehead atoms. The number of aliphatic hydroxyl groups is 2. The highest BCUT2D eigenvalue weighted by molar-refractivity contribution is 5.11. The summed E-state index contributed by atoms with van der Waals surface area (Å²) in [6.45, 7) is 2.79. The Balaban J connectivity index is 1.33. The molecule has 0 aliphatic carbocycles. The molecule has 5 aliphatic rings. The zero-order valence-electron chi connectivity index (χ0n) is 18.0. The summed E-state index contributed by atoms with van der Waals surface area (Å²) >= 11 is 0. The number of fused-ring (bicyclic) bond motifs is 4. The standard InChI is InChI=1S/C24H34O7/c1-14-23-20(6-2-3-12-27-23)30-22-13-21-19(31-24(14)22)9-8-18-17(29-21)7-4-5-15(26)16(28-18)10-11-25/h2-5,8-9,14-26H,6-7,10-13H2,1H3/b5-4-/t14-,15+,16-,17-,18+,19-,20+,21+,22-,23-,24+/m1/s1. The maximum absolute atomic E-state index is 10.3. The smallest absolute Gasteiger partial charge is 0.103 e. The van der Waals surface area contributed by atoms with Crippen molar-refractivity contribution in [1.29, 1.82) is 0 Å². The Bertz CT molecular complexity index is 706. The maximum Gasteiger partial charge on any atom is 0.103 e. The first-order valence-electron chi connectivity index (χ1n) is 11.7. The third kappa shape index (κ3) is 4.42. The predicted molar refractivity (Wildman–Crippen MR) is 113 cm³/mol. The van der Waals surface area contributed by atoms with E-state index < -0.39 is 12.2 Å². The van der Waals surface area contributed by atoms with Crippen molar-refractivity contribution < 1.29 is 33.9 Å². The molecule has 0 amide bonds. The molecule has 7 nitrogen and oxygen atoms in total. The van der Waals surface area contributed by atoms with Gasteiger partial charge in [-0.15, -0.1) is 0 Å². The van der Waals surface area contributed by atoms with E-state index in [9.17, 15) is 10.2 Å². The first kappa shape index (κ1) is 21.8. The highest BCUT2D eigenvalue weighted by Gasteiger charge is 2.51. The SMILES string of the molecule is C[C@@H]1[C@H]2OCC=CC[C@@H]2O[C@@H]2C[C@@H]3O[C@@H]4C/C=C\[C@H](O)[C@@H](CCO)O[C@H]4C=C[C@H]3O[C@@H]12. The normalized spacial score (nSPS) is 50.5. The second-order valence-corrected chi connectivity index (χ2v) is 9.28. The van der Waals surface area contributed by atoms with E-state index in [0.29, 0.717) is 19.4 Å². The molecule has 7 heteroatoms. The molecule has 0 aromatic carbocycles. The minimum Gasteiger partial charge on any atom is -0.396 e. The molecule has 0 unspecified atom stereocenters. The van der Waals surface area contributed by atoms with E-state index >= 15 is 0 Å². The van der Waals surface area contributed by atoms with Gasteiger partial charge < -0.3 is 33.9 Å². The summed E-state index contributed by atoms with van der Waals surface area (Å²) in [5, 5.41) is 19.7. The van der Waals surface area contributed by atoms with Crippen LogP contribution < -0.4 is 0 Å². The van der Waals surface area contributed by atoms with E-state index in [1.165, 1.54) is 0 Å². The molecule has 2 fully saturated rings. The van der Waals surface area contributed by atoms with Crippen LogP contribution in [0.3, 0.4) is 0 Å². The van der Waals surface area contributed by atoms with Gasteiger partial charge in [0.25, 0.3) is 0 Å². The molecule has 31 heavy (non-hydrogen) atoms. The average molecular weight is 435 g/mol. The Morgan fingerprint density at radius 1 is 0.806 bits per heavy atom. The van der Waals surface area contributed by atoms with Crippen molar-refractivity contribution >= 4 is 0 Å². The summed E-state index contributed by atoms with van der Waals surface area (Å²) in [6.07, 6.45) is 12.7. The minimum absolute atomic E-state index is 0.0217. The van der Waals surface area contributed by atoms with Gasteiger partial charge in [-0.25, -0.2) is 0 Å². The molecule has 0 radical (unpaired) electrons. The minimum atomic E-state index is -0.734. The number of aliphatic hydroxyl groups excluding tert-OH is 2. The lowest BCUT2D eigenvalue weighted by Crippen LogP contribution is -2.60. The van der Waals surface area contributed by atoms with Gasteiger partial charge in [0.2, 0.25) is 0 Å². The number of rotatable bonds is 2. The van der Waals surface area contributed by atoms with Crippen molar-refractivity contribution in [1.82, 2.24) is 0 Å². The number of hydrogen-bond acceptors (Lipinski definition) is 7. The molecule has 0 spiro atoms. The lowest BCUT2D eigenvalue weighted by molar-refractivity contribution is -0.271. The number of ether oxygens (including phenoxy) is 5. The van der Waals surface area contributed by atoms with E-state index in [0.717, 1.165) is 12.8 Å². The third-order valence-electron chi connectivity index (χ3n) is 7.22. The van der Waals surface area contributed by atoms with Gasteiger partial charge in [-0.2, -0.15) is 0 Å². The molecular weight excluding hydrogens is 400 g/mol. The monoisotopic (exact) mass is 434 g/mol. The van der Waals surface area contributed by atoms with Crippen LogP contribution in [0.1, 0.15) is 32.6 Å². The molecule has 2 N–H and O–H groups in total. The Labute approximate surface area is 183 Å². The van der Waals surface area contributed by atoms with Crippen LogP contribution >= 0.6 is 0 Å². The van der Waals surface area contributed by atoms with Gasteiger partial charge in [0.05, 0.1) is 55.4 Å². The highest BCUT2D eigenvalue weighted by atomic mass is 16.6. The van der Waals surface area contributed by atoms with Crippen molar-refractivity contribution in [3.63, 3.8) is 0 Å². The van der Waals surface area contributed by atoms with Crippen molar-refractivity contribution in [2.24, 2.45) is 5.92 Å². The van der Waals surface area contributed by atoms with Crippen molar-refractivity contribution in [2.45, 2.75) is 93.6 Å². The largest absolute Gasteiger partial charge is 0.396 e. The summed E-state index contributed by atoms with van der Waals surface area (Å²) in [4.78, 5) is 0. The molecular formula is C24H34O7. The second kappa shape index (κ2) is 9.43. The van der Waals surface area contributed by atoms with Gasteiger partial charge in [0.1, 0.15) is 12.2 Å². The van der Waals surface area contributed by atoms with Crippen LogP contribution in [0.25, 0.3) is 0 Å². The van der Waals surface area contributed by atoms with E-state index in [1.807, 2.05) is 18.2 Å². The van der Waals surface area contributed by atoms with Gasteiger partial charge in [0, 0.05) is 18.9 Å². The molecule has 5 aliphatic heterocycles. The Morgan fingerprint density at radius 3 is 2.42 bits per heavy atom. The summed E-state index contributed by atoms with van der Waals surface area (Å²) in [6, 6.07) is 0. The zero-order valence-corrected chi connectivity index (χ0v) is 18.0. The third-order valence-corrected chi connectivity index (χ3v) is 7.22. The summed E-state index contributed by atoms with van der Waals surface area (Å²) in [5.74, 6) is 0.234. The Kier molecular flexibility index (Phi) is 6.62. The Morgan fingerprint density at radius 2 is 1.58 bits per heavy atom. The van der Waals surface area contributed by atoms with Gasteiger partial charge >= 0.3 is 0 Å². The molecule has 0 aromatic heterocycles. The first-order valence-corrected chi connectivity index (χ1v) is 11.7. The van der Waals surface area contributed by atoms with E-state index in [1.54, 1.807) is 6.08 Å². The van der Waals surface area contributed by atoms with Crippen molar-refractivity contribution in [2.75, 3.05) is 13.2 Å². The second-order valence-electron chi connectivity index (χ2n) is 9.28. The lowest BCUT2D eigenvalue weighted by atomic mass is 9.82. The molecule has 11 atom stereocenters. The van der Waals surface area contributed by atoms with Crippen LogP contribution in [0.15, 0.2) is 36.5 Å². The van der Waals surface area contributed by atoms with Crippen LogP contribution in [-0.2, 0) is 23.7 Å². The molecule has 0 aromatic rings. The molecule has 2 saturated heterocycles. The zero-order chi connectivity index (χ0) is 21.4. The van der Waals surface area contributed by atoms with Crippen LogP contribution in [0, 0.1) is 5.92 Å². The van der Waals surface area contributed by atoms with Crippen LogP contribution in [-0.4, -0.2) is 84.5 Å². The van der Waals surface area contributed by atoms with Crippen molar-refractivity contribution in [3.8, 4) is 0 Å². The lowest BCUT2D eigenvalue weighted by Gasteiger charge is -2.50. The summed E-state index contributed by atoms with van der Waals surface area (Å²) in [7, 11) is 0. The maximum atomic E-state index is 10.3. The molecule has 5 heterocycles. The van der Waals surface area contributed by atoms with Crippen LogP contribution in [0.2, 0.25) is 0 Å². The van der Waals surface area contributed by atoms with Crippen LogP contribution in [0.4, 0.5) is 0 Å². The van der Waals surface area contributed by atoms with Crippen molar-refractivity contribution in [3.05, 3.63) is 36.5 Å². The number of hydrogen-bond donors (Lipinski definition) is 2. The average Bonchev–Trinajstić information content (AvgIpc) is 3.08. The fraction of sp³-hybridized carbons (Fsp3) is 0.750. The van der Waals surface area contributed by atoms with Crippen LogP contribution in [0.5, 0.6) is 0 Å². The fourth-order valence-corrected chi connectivity index (χ4v) is 5.58. The van der Waals surface area contributed by atoms with E-state index in [-0.39, 0.29) is 61.4 Å². The van der Waals surface area contributed by atoms with Gasteiger partial charge in [-0.3, -0.25) is 0 Å². The molecule has 5 rings (SSSR count). The first-order chi connectivity index (χ1) is 15.1. The van der Waals surface area contributed by atoms with E-state index in [2.05, 4.69) is 19.1 Å². The Hall–Kier alpha value is -1.06. The topological polar surface area (TPSA) is 86.6 Å². The van der Waals surface area contributed by atoms with Gasteiger partial charge in [-0.1, -0.05) is 43.4 Å². The quantitative estimate of drug-likeness (QED) is 0.640. The van der Waals surface area contributed by atoms with Gasteiger partial charge in [-0.05, 0) is 19.3 Å². The van der Waals surface area contributed by atoms with Gasteiger partial charge in [0.15, 0.2) is 0 Å². The predicted octanol–water partition coefficient (Wildman–Crippen LogP) is 1.67. The summed E-state index contributed by atoms with van der Waals surface area (Å²) < 4.78 is 31.8. The summed E-state index contributed by atoms with van der Waals surface area (Å²) in [5.41, 5.74) is 0. The molecule has 0 saturated carbocycles. The molecule has 172 valence electrons.